The molecule has 1 spiro atoms. The number of hydrogen-bond acceptors (Lipinski definition) is 2. The Balaban J connectivity index is 1.87. The summed E-state index contributed by atoms with van der Waals surface area (Å²) in [5.41, 5.74) is 3.65. The predicted molar refractivity (Wildman–Crippen MR) is 89.1 cm³/mol. The molecule has 2 aromatic rings. The zero-order chi connectivity index (χ0) is 15.0. The van der Waals surface area contributed by atoms with E-state index in [4.69, 9.17) is 4.74 Å². The minimum absolute atomic E-state index is 0.197. The Bertz CT molecular complexity index is 708. The third-order valence-electron chi connectivity index (χ3n) is 4.77. The molecule has 1 aromatic carbocycles. The van der Waals surface area contributed by atoms with Gasteiger partial charge in [-0.05, 0) is 37.7 Å². The Morgan fingerprint density at radius 2 is 2.05 bits per heavy atom. The Hall–Kier alpha value is -2.00. The summed E-state index contributed by atoms with van der Waals surface area (Å²) in [5, 5.41) is 3.46. The van der Waals surface area contributed by atoms with Gasteiger partial charge in [-0.3, -0.25) is 0 Å². The van der Waals surface area contributed by atoms with E-state index in [1.54, 1.807) is 0 Å². The van der Waals surface area contributed by atoms with Gasteiger partial charge in [-0.15, -0.1) is 0 Å². The molecule has 2 aliphatic rings. The Morgan fingerprint density at radius 1 is 1.23 bits per heavy atom. The smallest absolute Gasteiger partial charge is 0.151 e. The van der Waals surface area contributed by atoms with Gasteiger partial charge in [0.05, 0.1) is 12.2 Å². The molecule has 4 rings (SSSR count). The number of rotatable bonds is 1. The molecule has 3 nitrogen and oxygen atoms in total. The lowest BCUT2D eigenvalue weighted by Gasteiger charge is -2.37. The normalized spacial score (nSPS) is 19.5. The van der Waals surface area contributed by atoms with E-state index in [2.05, 4.69) is 65.5 Å². The van der Waals surface area contributed by atoms with Crippen molar-refractivity contribution in [2.45, 2.75) is 31.9 Å². The van der Waals surface area contributed by atoms with Crippen molar-refractivity contribution in [2.24, 2.45) is 0 Å². The lowest BCUT2D eigenvalue weighted by molar-refractivity contribution is 0.0293. The minimum atomic E-state index is -0.197. The maximum atomic E-state index is 6.62. The summed E-state index contributed by atoms with van der Waals surface area (Å²) in [6, 6.07) is 10.8. The fourth-order valence-corrected chi connectivity index (χ4v) is 3.70. The molecule has 1 N–H and O–H groups in total. The van der Waals surface area contributed by atoms with Crippen LogP contribution < -0.4 is 10.1 Å². The number of aromatic nitrogens is 1. The quantitative estimate of drug-likeness (QED) is 0.870. The third-order valence-corrected chi connectivity index (χ3v) is 4.77. The van der Waals surface area contributed by atoms with Gasteiger partial charge in [-0.2, -0.15) is 0 Å². The first-order valence-corrected chi connectivity index (χ1v) is 8.12. The second kappa shape index (κ2) is 5.33. The van der Waals surface area contributed by atoms with Crippen LogP contribution in [0.1, 0.15) is 36.6 Å². The van der Waals surface area contributed by atoms with Crippen LogP contribution in [-0.2, 0) is 12.1 Å². The van der Waals surface area contributed by atoms with Crippen molar-refractivity contribution < 1.29 is 4.74 Å². The molecular weight excluding hydrogens is 272 g/mol. The van der Waals surface area contributed by atoms with Gasteiger partial charge in [-0.25, -0.2) is 0 Å². The predicted octanol–water partition coefficient (Wildman–Crippen LogP) is 3.54. The van der Waals surface area contributed by atoms with Crippen molar-refractivity contribution in [3.05, 3.63) is 59.4 Å². The maximum Gasteiger partial charge on any atom is 0.151 e. The van der Waals surface area contributed by atoms with Gasteiger partial charge in [0.15, 0.2) is 5.60 Å². The number of nitrogens with zero attached hydrogens (tertiary/aromatic N) is 1. The van der Waals surface area contributed by atoms with Crippen LogP contribution in [-0.4, -0.2) is 17.7 Å². The first kappa shape index (κ1) is 13.6. The third kappa shape index (κ3) is 2.17. The van der Waals surface area contributed by atoms with Crippen LogP contribution in [0, 0.1) is 0 Å². The first-order valence-electron chi connectivity index (χ1n) is 8.12. The molecule has 0 bridgehead atoms. The van der Waals surface area contributed by atoms with Crippen molar-refractivity contribution in [3.8, 4) is 5.75 Å². The molecule has 0 unspecified atom stereocenters. The van der Waals surface area contributed by atoms with E-state index in [1.807, 2.05) is 0 Å². The molecule has 0 aliphatic carbocycles. The number of fused-ring (bicyclic) bond motifs is 3. The molecule has 2 aliphatic heterocycles. The van der Waals surface area contributed by atoms with Crippen LogP contribution in [0.4, 0.5) is 0 Å². The van der Waals surface area contributed by atoms with Gasteiger partial charge in [0.1, 0.15) is 5.75 Å². The molecule has 1 aromatic heterocycles. The SMILES string of the molecule is CC=Cc1cc2n(c1)Cc1ccccc1OC21CCNCC1. The van der Waals surface area contributed by atoms with Gasteiger partial charge in [-0.1, -0.05) is 30.4 Å². The van der Waals surface area contributed by atoms with E-state index in [0.717, 1.165) is 38.2 Å². The van der Waals surface area contributed by atoms with Gasteiger partial charge in [0, 0.05) is 24.6 Å². The van der Waals surface area contributed by atoms with Crippen LogP contribution in [0.2, 0.25) is 0 Å². The molecule has 0 amide bonds. The summed E-state index contributed by atoms with van der Waals surface area (Å²) in [6.45, 7) is 4.96. The highest BCUT2D eigenvalue weighted by Gasteiger charge is 2.40. The topological polar surface area (TPSA) is 26.2 Å². The van der Waals surface area contributed by atoms with Crippen LogP contribution in [0.3, 0.4) is 0 Å². The van der Waals surface area contributed by atoms with Gasteiger partial charge in [0.2, 0.25) is 0 Å². The van der Waals surface area contributed by atoms with Crippen molar-refractivity contribution in [1.29, 1.82) is 0 Å². The van der Waals surface area contributed by atoms with E-state index in [-0.39, 0.29) is 5.60 Å². The molecule has 114 valence electrons. The molecule has 0 saturated carbocycles. The van der Waals surface area contributed by atoms with Gasteiger partial charge >= 0.3 is 0 Å². The zero-order valence-corrected chi connectivity index (χ0v) is 13.0. The largest absolute Gasteiger partial charge is 0.481 e. The highest BCUT2D eigenvalue weighted by molar-refractivity contribution is 5.51. The van der Waals surface area contributed by atoms with Crippen molar-refractivity contribution in [2.75, 3.05) is 13.1 Å². The molecule has 0 atom stereocenters. The van der Waals surface area contributed by atoms with Crippen LogP contribution in [0.5, 0.6) is 5.75 Å². The summed E-state index contributed by atoms with van der Waals surface area (Å²) in [4.78, 5) is 0. The highest BCUT2D eigenvalue weighted by atomic mass is 16.5. The fourth-order valence-electron chi connectivity index (χ4n) is 3.70. The maximum absolute atomic E-state index is 6.62. The Labute approximate surface area is 131 Å². The molecular formula is C19H22N2O. The lowest BCUT2D eigenvalue weighted by Crippen LogP contribution is -2.44. The molecule has 3 heterocycles. The lowest BCUT2D eigenvalue weighted by atomic mass is 9.88. The average molecular weight is 294 g/mol. The number of allylic oxidation sites excluding steroid dienone is 1. The molecule has 0 radical (unpaired) electrons. The second-order valence-electron chi connectivity index (χ2n) is 6.24. The van der Waals surface area contributed by atoms with Crippen molar-refractivity contribution >= 4 is 6.08 Å². The van der Waals surface area contributed by atoms with E-state index < -0.39 is 0 Å². The van der Waals surface area contributed by atoms with E-state index in [0.29, 0.717) is 0 Å². The second-order valence-corrected chi connectivity index (χ2v) is 6.24. The zero-order valence-electron chi connectivity index (χ0n) is 13.0. The van der Waals surface area contributed by atoms with Crippen LogP contribution in [0.25, 0.3) is 6.08 Å². The summed E-state index contributed by atoms with van der Waals surface area (Å²) in [7, 11) is 0. The Kier molecular flexibility index (Phi) is 3.30. The van der Waals surface area contributed by atoms with Crippen molar-refractivity contribution in [1.82, 2.24) is 9.88 Å². The minimum Gasteiger partial charge on any atom is -0.481 e. The van der Waals surface area contributed by atoms with E-state index in [1.165, 1.54) is 16.8 Å². The van der Waals surface area contributed by atoms with E-state index in [9.17, 15) is 0 Å². The molecule has 22 heavy (non-hydrogen) atoms. The Morgan fingerprint density at radius 3 is 2.86 bits per heavy atom. The average Bonchev–Trinajstić information content (AvgIpc) is 2.89. The fraction of sp³-hybridized carbons (Fsp3) is 0.368. The molecule has 1 fully saturated rings. The number of ether oxygens (including phenoxy) is 1. The number of para-hydroxylation sites is 1. The van der Waals surface area contributed by atoms with Crippen LogP contribution >= 0.6 is 0 Å². The standard InChI is InChI=1S/C19H22N2O/c1-2-5-15-12-18-19(8-10-20-11-9-19)22-17-7-4-3-6-16(17)14-21(18)13-15/h2-7,12-13,20H,8-11,14H2,1H3. The number of hydrogen-bond donors (Lipinski definition) is 1. The molecule has 3 heteroatoms. The molecule has 1 saturated heterocycles. The summed E-state index contributed by atoms with van der Waals surface area (Å²) in [6.07, 6.45) is 8.55. The van der Waals surface area contributed by atoms with Crippen molar-refractivity contribution in [3.63, 3.8) is 0 Å². The number of piperidine rings is 1. The first-order chi connectivity index (χ1) is 10.8. The summed E-state index contributed by atoms with van der Waals surface area (Å²) >= 11 is 0. The summed E-state index contributed by atoms with van der Waals surface area (Å²) < 4.78 is 9.00. The van der Waals surface area contributed by atoms with Gasteiger partial charge < -0.3 is 14.6 Å². The number of nitrogens with one attached hydrogen (secondary N) is 1. The monoisotopic (exact) mass is 294 g/mol. The van der Waals surface area contributed by atoms with E-state index >= 15 is 0 Å². The summed E-state index contributed by atoms with van der Waals surface area (Å²) in [5.74, 6) is 1.04. The highest BCUT2D eigenvalue weighted by Crippen LogP contribution is 2.41. The van der Waals surface area contributed by atoms with Crippen LogP contribution in [0.15, 0.2) is 42.6 Å². The number of benzene rings is 1. The van der Waals surface area contributed by atoms with Gasteiger partial charge in [0.25, 0.3) is 0 Å².